The second-order valence-corrected chi connectivity index (χ2v) is 13.6. The van der Waals surface area contributed by atoms with Crippen molar-refractivity contribution in [3.63, 3.8) is 0 Å². The molecule has 0 spiro atoms. The van der Waals surface area contributed by atoms with E-state index < -0.39 is 82.4 Å². The van der Waals surface area contributed by atoms with Gasteiger partial charge in [-0.25, -0.2) is 23.4 Å². The summed E-state index contributed by atoms with van der Waals surface area (Å²) >= 11 is 0. The Bertz CT molecular complexity index is 2320. The summed E-state index contributed by atoms with van der Waals surface area (Å²) in [5.41, 5.74) is 7.73. The fraction of sp³-hybridized carbons (Fsp3) is 0.297. The molecule has 3 heterocycles. The van der Waals surface area contributed by atoms with Crippen LogP contribution < -0.4 is 11.5 Å². The molecule has 2 aliphatic carbocycles. The van der Waals surface area contributed by atoms with Crippen LogP contribution in [-0.4, -0.2) is 36.4 Å². The molecule has 2 aliphatic rings. The van der Waals surface area contributed by atoms with E-state index in [0.717, 1.165) is 12.1 Å². The first-order valence-electron chi connectivity index (χ1n) is 16.1. The molecule has 0 aliphatic heterocycles. The Kier molecular flexibility index (Phi) is 8.09. The van der Waals surface area contributed by atoms with Crippen LogP contribution in [0.3, 0.4) is 0 Å². The average molecular weight is 723 g/mol. The zero-order valence-electron chi connectivity index (χ0n) is 27.4. The van der Waals surface area contributed by atoms with Gasteiger partial charge in [0, 0.05) is 40.6 Å². The molecule has 2 aromatic carbocycles. The van der Waals surface area contributed by atoms with E-state index in [1.807, 2.05) is 0 Å². The van der Waals surface area contributed by atoms with Gasteiger partial charge in [0.2, 0.25) is 5.91 Å². The Morgan fingerprint density at radius 1 is 1.06 bits per heavy atom. The first-order valence-corrected chi connectivity index (χ1v) is 16.1. The first kappa shape index (κ1) is 34.9. The van der Waals surface area contributed by atoms with Gasteiger partial charge < -0.3 is 16.6 Å². The standard InChI is InChI=1S/C37H29F7N6O2/c1-35(2,52)10-8-20-6-7-23(21-4-3-5-24-22(21)9-11-47-33(24)45)29(48-20)26(14-17-12-18(38)15-19(39)13-17)30(34(46)51)50-32-28(31(49-50)37(42,43)44)25-16-27(25)36(32,40)41/h3-7,9,11-13,15,25-27,30,52H,14,16H2,1-2H3,(H2,45,47)(H2,46,51)/t25-,26+,27+,30?/m0/s1. The molecule has 268 valence electrons. The zero-order valence-corrected chi connectivity index (χ0v) is 27.4. The number of nitrogens with two attached hydrogens (primary N) is 2. The van der Waals surface area contributed by atoms with E-state index in [-0.39, 0.29) is 34.8 Å². The van der Waals surface area contributed by atoms with Crippen molar-refractivity contribution in [2.24, 2.45) is 11.7 Å². The van der Waals surface area contributed by atoms with Gasteiger partial charge in [-0.1, -0.05) is 24.1 Å². The van der Waals surface area contributed by atoms with Crippen LogP contribution in [0.5, 0.6) is 0 Å². The number of carbonyl (C=O) groups is 1. The lowest BCUT2D eigenvalue weighted by molar-refractivity contribution is -0.142. The van der Waals surface area contributed by atoms with E-state index in [9.17, 15) is 31.9 Å². The predicted molar refractivity (Wildman–Crippen MR) is 176 cm³/mol. The largest absolute Gasteiger partial charge is 0.435 e. The normalized spacial score (nSPS) is 18.7. The summed E-state index contributed by atoms with van der Waals surface area (Å²) in [5, 5.41) is 15.0. The summed E-state index contributed by atoms with van der Waals surface area (Å²) in [5.74, 6) is -5.84. The molecule has 0 bridgehead atoms. The molecule has 4 atom stereocenters. The third-order valence-corrected chi connectivity index (χ3v) is 9.37. The van der Waals surface area contributed by atoms with Crippen molar-refractivity contribution in [3.05, 3.63) is 106 Å². The number of fused-ring (bicyclic) bond motifs is 4. The summed E-state index contributed by atoms with van der Waals surface area (Å²) < 4.78 is 105. The quantitative estimate of drug-likeness (QED) is 0.126. The van der Waals surface area contributed by atoms with Crippen molar-refractivity contribution in [2.75, 3.05) is 5.73 Å². The van der Waals surface area contributed by atoms with E-state index >= 15 is 8.78 Å². The highest BCUT2D eigenvalue weighted by Crippen LogP contribution is 2.69. The van der Waals surface area contributed by atoms with E-state index in [2.05, 4.69) is 26.9 Å². The number of pyridine rings is 2. The van der Waals surface area contributed by atoms with E-state index in [4.69, 9.17) is 11.5 Å². The zero-order chi connectivity index (χ0) is 37.5. The molecule has 7 rings (SSSR count). The number of benzene rings is 2. The Balaban J connectivity index is 1.55. The number of hydrogen-bond donors (Lipinski definition) is 3. The van der Waals surface area contributed by atoms with Gasteiger partial charge in [0.1, 0.15) is 40.5 Å². The molecule has 1 unspecified atom stereocenters. The van der Waals surface area contributed by atoms with Crippen LogP contribution in [0.25, 0.3) is 21.9 Å². The molecule has 0 radical (unpaired) electrons. The number of halogens is 7. The third kappa shape index (κ3) is 6.10. The van der Waals surface area contributed by atoms with Crippen molar-refractivity contribution in [1.82, 2.24) is 19.7 Å². The van der Waals surface area contributed by atoms with Gasteiger partial charge in [-0.05, 0) is 85.4 Å². The number of aliphatic hydroxyl groups is 1. The monoisotopic (exact) mass is 722 g/mol. The maximum Gasteiger partial charge on any atom is 0.435 e. The number of nitrogen functional groups attached to an aromatic ring is 1. The van der Waals surface area contributed by atoms with Crippen LogP contribution >= 0.6 is 0 Å². The van der Waals surface area contributed by atoms with Gasteiger partial charge in [0.05, 0.1) is 5.69 Å². The van der Waals surface area contributed by atoms with E-state index in [1.165, 1.54) is 32.2 Å². The number of rotatable bonds is 7. The summed E-state index contributed by atoms with van der Waals surface area (Å²) in [6.07, 6.45) is -4.46. The summed E-state index contributed by atoms with van der Waals surface area (Å²) in [4.78, 5) is 22.4. The summed E-state index contributed by atoms with van der Waals surface area (Å²) in [7, 11) is 0. The number of primary amides is 1. The molecule has 5 N–H and O–H groups in total. The molecule has 1 fully saturated rings. The summed E-state index contributed by atoms with van der Waals surface area (Å²) in [6.45, 7) is 2.82. The smallest absolute Gasteiger partial charge is 0.383 e. The Morgan fingerprint density at radius 2 is 1.77 bits per heavy atom. The highest BCUT2D eigenvalue weighted by atomic mass is 19.4. The van der Waals surface area contributed by atoms with Crippen molar-refractivity contribution in [2.45, 2.75) is 62.3 Å². The van der Waals surface area contributed by atoms with Gasteiger partial charge in [-0.2, -0.15) is 27.1 Å². The molecule has 0 saturated heterocycles. The minimum atomic E-state index is -5.17. The average Bonchev–Trinajstić information content (AvgIpc) is 3.69. The number of nitrogens with zero attached hydrogens (tertiary/aromatic N) is 4. The van der Waals surface area contributed by atoms with Crippen molar-refractivity contribution < 1.29 is 40.6 Å². The topological polar surface area (TPSA) is 133 Å². The fourth-order valence-corrected chi connectivity index (χ4v) is 7.20. The maximum atomic E-state index is 15.9. The Morgan fingerprint density at radius 3 is 2.42 bits per heavy atom. The minimum absolute atomic E-state index is 0.00850. The number of aromatic nitrogens is 4. The molecule has 5 aromatic rings. The molecule has 1 amide bonds. The molecule has 8 nitrogen and oxygen atoms in total. The number of anilines is 1. The SMILES string of the molecule is CC(C)(O)C#Cc1ccc(-c2cccc3c(N)nccc23)c([C@@H](Cc2cc(F)cc(F)c2)C(C(N)=O)n2nc(C(F)(F)F)c3c2C(F)(F)[C@@H]2C[C@H]32)n1. The van der Waals surface area contributed by atoms with E-state index in [0.29, 0.717) is 27.1 Å². The maximum absolute atomic E-state index is 15.9. The minimum Gasteiger partial charge on any atom is -0.383 e. The number of carbonyl (C=O) groups excluding carboxylic acids is 1. The highest BCUT2D eigenvalue weighted by Gasteiger charge is 2.69. The van der Waals surface area contributed by atoms with Crippen molar-refractivity contribution in [3.8, 4) is 23.0 Å². The van der Waals surface area contributed by atoms with Crippen LogP contribution in [0.15, 0.2) is 60.8 Å². The van der Waals surface area contributed by atoms with Gasteiger partial charge in [-0.3, -0.25) is 4.79 Å². The Labute approximate surface area is 291 Å². The van der Waals surface area contributed by atoms with E-state index in [1.54, 1.807) is 24.3 Å². The first-order chi connectivity index (χ1) is 24.3. The number of amides is 1. The van der Waals surface area contributed by atoms with Crippen LogP contribution in [0.2, 0.25) is 0 Å². The second kappa shape index (κ2) is 12.0. The molecule has 52 heavy (non-hydrogen) atoms. The lowest BCUT2D eigenvalue weighted by Crippen LogP contribution is -2.37. The highest BCUT2D eigenvalue weighted by molar-refractivity contribution is 6.01. The van der Waals surface area contributed by atoms with Gasteiger partial charge in [0.15, 0.2) is 5.69 Å². The van der Waals surface area contributed by atoms with Gasteiger partial charge >= 0.3 is 6.18 Å². The predicted octanol–water partition coefficient (Wildman–Crippen LogP) is 6.76. The van der Waals surface area contributed by atoms with Crippen molar-refractivity contribution in [1.29, 1.82) is 0 Å². The molecule has 15 heteroatoms. The second-order valence-electron chi connectivity index (χ2n) is 13.6. The molecular weight excluding hydrogens is 693 g/mol. The lowest BCUT2D eigenvalue weighted by atomic mass is 9.83. The van der Waals surface area contributed by atoms with Crippen molar-refractivity contribution >= 4 is 22.5 Å². The van der Waals surface area contributed by atoms with Crippen LogP contribution in [0, 0.1) is 29.4 Å². The number of alkyl halides is 5. The molecule has 3 aromatic heterocycles. The third-order valence-electron chi connectivity index (χ3n) is 9.37. The summed E-state index contributed by atoms with van der Waals surface area (Å²) in [6, 6.07) is 10.0. The molecular formula is C37H29F7N6O2. The number of hydrogen-bond acceptors (Lipinski definition) is 6. The Hall–Kier alpha value is -5.49. The van der Waals surface area contributed by atoms with Crippen LogP contribution in [-0.2, 0) is 23.3 Å². The van der Waals surface area contributed by atoms with Crippen LogP contribution in [0.4, 0.5) is 36.6 Å². The fourth-order valence-electron chi connectivity index (χ4n) is 7.20. The molecule has 1 saturated carbocycles. The lowest BCUT2D eigenvalue weighted by Gasteiger charge is -2.29. The van der Waals surface area contributed by atoms with Crippen LogP contribution in [0.1, 0.15) is 72.0 Å². The van der Waals surface area contributed by atoms with Gasteiger partial charge in [0.25, 0.3) is 5.92 Å². The van der Waals surface area contributed by atoms with Gasteiger partial charge in [-0.15, -0.1) is 0 Å².